The molecule has 0 aliphatic rings. The Morgan fingerprint density at radius 1 is 1.36 bits per heavy atom. The number of benzene rings is 1. The third-order valence-electron chi connectivity index (χ3n) is 2.15. The van der Waals surface area contributed by atoms with E-state index in [4.69, 9.17) is 0 Å². The number of hydrogen-bond acceptors (Lipinski definition) is 2. The van der Waals surface area contributed by atoms with E-state index in [0.29, 0.717) is 5.92 Å². The molecule has 2 rings (SSSR count). The van der Waals surface area contributed by atoms with Crippen LogP contribution in [0.25, 0.3) is 10.9 Å². The van der Waals surface area contributed by atoms with Gasteiger partial charge >= 0.3 is 0 Å². The summed E-state index contributed by atoms with van der Waals surface area (Å²) >= 11 is 0. The van der Waals surface area contributed by atoms with Crippen molar-refractivity contribution in [2.75, 3.05) is 0 Å². The van der Waals surface area contributed by atoms with Crippen LogP contribution >= 0.6 is 0 Å². The second kappa shape index (κ2) is 3.74. The van der Waals surface area contributed by atoms with E-state index in [1.807, 2.05) is 6.07 Å². The molecule has 0 aliphatic carbocycles. The fourth-order valence-electron chi connectivity index (χ4n) is 1.57. The third kappa shape index (κ3) is 1.90. The molecule has 1 aromatic heterocycles. The molecule has 1 aromatic carbocycles. The summed E-state index contributed by atoms with van der Waals surface area (Å²) in [7, 11) is 0. The van der Waals surface area contributed by atoms with Crippen LogP contribution in [-0.2, 0) is 6.42 Å². The fraction of sp³-hybridized carbons (Fsp3) is 0.333. The van der Waals surface area contributed by atoms with Crippen LogP contribution < -0.4 is 0 Å². The third-order valence-corrected chi connectivity index (χ3v) is 2.15. The van der Waals surface area contributed by atoms with E-state index >= 15 is 0 Å². The molecule has 0 amide bonds. The molecule has 0 atom stereocenters. The molecule has 0 N–H and O–H groups in total. The molecule has 2 heteroatoms. The Balaban J connectivity index is 2.41. The minimum Gasteiger partial charge on any atom is -0.236 e. The standard InChI is InChI=1S/C12H13N2/c1-9(2)5-10-3-4-11-7-13-8-14-12(11)6-10/h3-4,6,8-9H,5H2,1-2H3. The van der Waals surface area contributed by atoms with Gasteiger partial charge in [-0.05, 0) is 24.0 Å². The Hall–Kier alpha value is -1.44. The summed E-state index contributed by atoms with van der Waals surface area (Å²) in [6, 6.07) is 6.28. The van der Waals surface area contributed by atoms with Crippen LogP contribution in [0.4, 0.5) is 0 Å². The van der Waals surface area contributed by atoms with Crippen LogP contribution in [0.2, 0.25) is 0 Å². The Kier molecular flexibility index (Phi) is 2.44. The van der Waals surface area contributed by atoms with E-state index in [1.165, 1.54) is 5.56 Å². The molecule has 0 aliphatic heterocycles. The maximum absolute atomic E-state index is 4.21. The number of fused-ring (bicyclic) bond motifs is 1. The first-order chi connectivity index (χ1) is 6.75. The van der Waals surface area contributed by atoms with Gasteiger partial charge in [0.1, 0.15) is 12.5 Å². The predicted octanol–water partition coefficient (Wildman–Crippen LogP) is 2.63. The Morgan fingerprint density at radius 2 is 2.21 bits per heavy atom. The van der Waals surface area contributed by atoms with E-state index in [-0.39, 0.29) is 0 Å². The highest BCUT2D eigenvalue weighted by molar-refractivity contribution is 5.77. The summed E-state index contributed by atoms with van der Waals surface area (Å²) in [6.07, 6.45) is 5.56. The zero-order valence-corrected chi connectivity index (χ0v) is 8.49. The normalized spacial score (nSPS) is 11.1. The van der Waals surface area contributed by atoms with Gasteiger partial charge in [-0.2, -0.15) is 0 Å². The van der Waals surface area contributed by atoms with Gasteiger partial charge in [0.25, 0.3) is 0 Å². The van der Waals surface area contributed by atoms with Crippen molar-refractivity contribution in [1.82, 2.24) is 9.97 Å². The quantitative estimate of drug-likeness (QED) is 0.718. The minimum atomic E-state index is 0.679. The minimum absolute atomic E-state index is 0.679. The fourth-order valence-corrected chi connectivity index (χ4v) is 1.57. The van der Waals surface area contributed by atoms with Crippen molar-refractivity contribution in [2.45, 2.75) is 20.3 Å². The largest absolute Gasteiger partial charge is 0.236 e. The summed E-state index contributed by atoms with van der Waals surface area (Å²) in [5.74, 6) is 0.679. The van der Waals surface area contributed by atoms with E-state index in [1.54, 1.807) is 6.33 Å². The van der Waals surface area contributed by atoms with Gasteiger partial charge in [0, 0.05) is 5.39 Å². The average molecular weight is 185 g/mol. The van der Waals surface area contributed by atoms with Crippen LogP contribution in [0.3, 0.4) is 0 Å². The van der Waals surface area contributed by atoms with E-state index < -0.39 is 0 Å². The first-order valence-electron chi connectivity index (χ1n) is 4.87. The number of nitrogens with zero attached hydrogens (tertiary/aromatic N) is 2. The predicted molar refractivity (Wildman–Crippen MR) is 56.9 cm³/mol. The Bertz CT molecular complexity index is 435. The van der Waals surface area contributed by atoms with Crippen molar-refractivity contribution in [2.24, 2.45) is 5.92 Å². The molecule has 1 radical (unpaired) electrons. The first-order valence-corrected chi connectivity index (χ1v) is 4.87. The van der Waals surface area contributed by atoms with Crippen LogP contribution in [0.1, 0.15) is 19.4 Å². The second-order valence-electron chi connectivity index (χ2n) is 3.93. The zero-order chi connectivity index (χ0) is 9.97. The number of rotatable bonds is 2. The van der Waals surface area contributed by atoms with Gasteiger partial charge in [-0.15, -0.1) is 0 Å². The summed E-state index contributed by atoms with van der Waals surface area (Å²) in [4.78, 5) is 8.07. The maximum Gasteiger partial charge on any atom is 0.116 e. The Morgan fingerprint density at radius 3 is 3.00 bits per heavy atom. The van der Waals surface area contributed by atoms with Crippen molar-refractivity contribution in [1.29, 1.82) is 0 Å². The molecule has 0 bridgehead atoms. The van der Waals surface area contributed by atoms with Crippen molar-refractivity contribution in [3.8, 4) is 0 Å². The van der Waals surface area contributed by atoms with E-state index in [9.17, 15) is 0 Å². The SMILES string of the molecule is CC(C)Cc1ccc2[c]ncnc2c1. The molecule has 0 spiro atoms. The average Bonchev–Trinajstić information content (AvgIpc) is 2.17. The molecular weight excluding hydrogens is 172 g/mol. The van der Waals surface area contributed by atoms with Crippen LogP contribution in [0, 0.1) is 12.1 Å². The Labute approximate surface area is 84.0 Å². The molecule has 2 nitrogen and oxygen atoms in total. The van der Waals surface area contributed by atoms with Crippen LogP contribution in [-0.4, -0.2) is 9.97 Å². The molecular formula is C12H13N2. The van der Waals surface area contributed by atoms with Crippen molar-refractivity contribution >= 4 is 10.9 Å². The lowest BCUT2D eigenvalue weighted by molar-refractivity contribution is 0.647. The molecule has 71 valence electrons. The molecule has 0 fully saturated rings. The smallest absolute Gasteiger partial charge is 0.116 e. The van der Waals surface area contributed by atoms with Gasteiger partial charge in [0.15, 0.2) is 0 Å². The van der Waals surface area contributed by atoms with Gasteiger partial charge in [-0.3, -0.25) is 0 Å². The molecule has 0 saturated heterocycles. The van der Waals surface area contributed by atoms with Crippen molar-refractivity contribution in [3.05, 3.63) is 36.3 Å². The van der Waals surface area contributed by atoms with Crippen LogP contribution in [0.5, 0.6) is 0 Å². The number of hydrogen-bond donors (Lipinski definition) is 0. The summed E-state index contributed by atoms with van der Waals surface area (Å²) in [5, 5.41) is 0.986. The molecule has 14 heavy (non-hydrogen) atoms. The highest BCUT2D eigenvalue weighted by Crippen LogP contribution is 2.14. The van der Waals surface area contributed by atoms with Gasteiger partial charge in [0.2, 0.25) is 0 Å². The number of aromatic nitrogens is 2. The van der Waals surface area contributed by atoms with E-state index in [2.05, 4.69) is 42.1 Å². The zero-order valence-electron chi connectivity index (χ0n) is 8.49. The van der Waals surface area contributed by atoms with Crippen molar-refractivity contribution < 1.29 is 0 Å². The highest BCUT2D eigenvalue weighted by atomic mass is 14.8. The second-order valence-corrected chi connectivity index (χ2v) is 3.93. The summed E-state index contributed by atoms with van der Waals surface area (Å²) in [6.45, 7) is 4.44. The van der Waals surface area contributed by atoms with Crippen LogP contribution in [0.15, 0.2) is 24.5 Å². The topological polar surface area (TPSA) is 25.8 Å². The lowest BCUT2D eigenvalue weighted by Gasteiger charge is -2.05. The monoisotopic (exact) mass is 185 g/mol. The first kappa shape index (κ1) is 9.13. The highest BCUT2D eigenvalue weighted by Gasteiger charge is 2.00. The summed E-state index contributed by atoms with van der Waals surface area (Å²) in [5.41, 5.74) is 2.32. The molecule has 2 aromatic rings. The lowest BCUT2D eigenvalue weighted by Crippen LogP contribution is -1.94. The van der Waals surface area contributed by atoms with Gasteiger partial charge in [0.05, 0.1) is 5.52 Å². The van der Waals surface area contributed by atoms with Gasteiger partial charge in [-0.25, -0.2) is 9.97 Å². The molecule has 0 saturated carbocycles. The van der Waals surface area contributed by atoms with Gasteiger partial charge in [-0.1, -0.05) is 26.0 Å². The molecule has 1 heterocycles. The van der Waals surface area contributed by atoms with Gasteiger partial charge < -0.3 is 0 Å². The summed E-state index contributed by atoms with van der Waals surface area (Å²) < 4.78 is 0. The van der Waals surface area contributed by atoms with E-state index in [0.717, 1.165) is 17.3 Å². The molecule has 0 unspecified atom stereocenters. The van der Waals surface area contributed by atoms with Crippen molar-refractivity contribution in [3.63, 3.8) is 0 Å². The maximum atomic E-state index is 4.21. The lowest BCUT2D eigenvalue weighted by atomic mass is 10.0.